The molecule has 0 unspecified atom stereocenters. The van der Waals surface area contributed by atoms with Crippen molar-refractivity contribution >= 4 is 23.8 Å². The number of hydrogen-bond acceptors (Lipinski definition) is 7. The van der Waals surface area contributed by atoms with Crippen LogP contribution < -0.4 is 10.6 Å². The van der Waals surface area contributed by atoms with Crippen LogP contribution >= 0.6 is 11.8 Å². The molecule has 0 radical (unpaired) electrons. The third-order valence-corrected chi connectivity index (χ3v) is 5.02. The maximum Gasteiger partial charge on any atom is 0.338 e. The molecule has 2 amide bonds. The van der Waals surface area contributed by atoms with Crippen LogP contribution in [0.15, 0.2) is 40.7 Å². The number of carbonyl (C=O) groups excluding carboxylic acids is 2. The van der Waals surface area contributed by atoms with Crippen LogP contribution in [0.5, 0.6) is 0 Å². The van der Waals surface area contributed by atoms with Gasteiger partial charge in [-0.2, -0.15) is 0 Å². The molecular weight excluding hydrogens is 368 g/mol. The second kappa shape index (κ2) is 8.21. The number of amides is 2. The van der Waals surface area contributed by atoms with Crippen molar-refractivity contribution < 1.29 is 14.3 Å². The van der Waals surface area contributed by atoms with Gasteiger partial charge in [0.1, 0.15) is 0 Å². The number of nitrogens with zero attached hydrogens (tertiary/aromatic N) is 4. The molecule has 1 aliphatic rings. The van der Waals surface area contributed by atoms with E-state index in [2.05, 4.69) is 26.2 Å². The van der Waals surface area contributed by atoms with E-state index in [0.29, 0.717) is 22.2 Å². The second-order valence-corrected chi connectivity index (χ2v) is 6.87. The van der Waals surface area contributed by atoms with E-state index in [-0.39, 0.29) is 12.6 Å². The first-order valence-corrected chi connectivity index (χ1v) is 9.37. The zero-order chi connectivity index (χ0) is 19.4. The molecule has 0 bridgehead atoms. The van der Waals surface area contributed by atoms with Crippen molar-refractivity contribution in [3.63, 3.8) is 0 Å². The summed E-state index contributed by atoms with van der Waals surface area (Å²) in [6, 6.07) is 6.69. The average molecular weight is 388 g/mol. The van der Waals surface area contributed by atoms with Crippen molar-refractivity contribution in [3.8, 4) is 0 Å². The number of benzene rings is 1. The minimum absolute atomic E-state index is 0.241. The van der Waals surface area contributed by atoms with Crippen LogP contribution in [0.3, 0.4) is 0 Å². The molecule has 27 heavy (non-hydrogen) atoms. The van der Waals surface area contributed by atoms with Crippen LogP contribution in [0.1, 0.15) is 24.1 Å². The minimum atomic E-state index is -0.591. The van der Waals surface area contributed by atoms with Crippen molar-refractivity contribution in [1.82, 2.24) is 30.8 Å². The number of aromatic nitrogens is 4. The number of urea groups is 1. The second-order valence-electron chi connectivity index (χ2n) is 5.93. The van der Waals surface area contributed by atoms with Gasteiger partial charge in [0.15, 0.2) is 0 Å². The lowest BCUT2D eigenvalue weighted by atomic mass is 9.95. The van der Waals surface area contributed by atoms with E-state index in [1.807, 2.05) is 31.2 Å². The van der Waals surface area contributed by atoms with Crippen LogP contribution in [0.4, 0.5) is 4.79 Å². The van der Waals surface area contributed by atoms with E-state index < -0.39 is 12.0 Å². The third kappa shape index (κ3) is 4.27. The Hall–Kier alpha value is -2.88. The summed E-state index contributed by atoms with van der Waals surface area (Å²) >= 11 is 1.32. The Bertz CT molecular complexity index is 877. The molecule has 1 aromatic heterocycles. The standard InChI is InChI=1S/C17H20N6O3S/c1-4-26-15(24)13-12(9-27-17-20-21-22-23(17)3)18-16(25)19-14(13)11-7-5-10(2)6-8-11/h5-8,14H,4,9H2,1-3H3,(H2,18,19,25)/t14-/m1/s1. The molecule has 10 heteroatoms. The van der Waals surface area contributed by atoms with Crippen LogP contribution in [0.25, 0.3) is 0 Å². The Balaban J connectivity index is 1.97. The van der Waals surface area contributed by atoms with Crippen molar-refractivity contribution in [1.29, 1.82) is 0 Å². The Kier molecular flexibility index (Phi) is 5.75. The molecule has 2 aromatic rings. The van der Waals surface area contributed by atoms with Crippen LogP contribution in [0, 0.1) is 6.92 Å². The van der Waals surface area contributed by atoms with Crippen LogP contribution in [0.2, 0.25) is 0 Å². The smallest absolute Gasteiger partial charge is 0.338 e. The van der Waals surface area contributed by atoms with Gasteiger partial charge in [-0.3, -0.25) is 0 Å². The lowest BCUT2D eigenvalue weighted by Gasteiger charge is -2.29. The molecule has 2 N–H and O–H groups in total. The highest BCUT2D eigenvalue weighted by Gasteiger charge is 2.33. The monoisotopic (exact) mass is 388 g/mol. The third-order valence-electron chi connectivity index (χ3n) is 3.99. The summed E-state index contributed by atoms with van der Waals surface area (Å²) in [6.45, 7) is 3.96. The molecule has 0 fully saturated rings. The number of esters is 1. The largest absolute Gasteiger partial charge is 0.463 e. The first kappa shape index (κ1) is 18.9. The molecule has 1 aromatic carbocycles. The fourth-order valence-corrected chi connectivity index (χ4v) is 3.49. The molecule has 2 heterocycles. The number of hydrogen-bond donors (Lipinski definition) is 2. The van der Waals surface area contributed by atoms with Gasteiger partial charge in [0.2, 0.25) is 5.16 Å². The SMILES string of the molecule is CCOC(=O)C1=C(CSc2nnnn2C)NC(=O)N[C@@H]1c1ccc(C)cc1. The molecular formula is C17H20N6O3S. The highest BCUT2D eigenvalue weighted by atomic mass is 32.2. The molecule has 0 spiro atoms. The van der Waals surface area contributed by atoms with Crippen molar-refractivity contribution in [2.24, 2.45) is 7.05 Å². The lowest BCUT2D eigenvalue weighted by Crippen LogP contribution is -2.46. The van der Waals surface area contributed by atoms with Gasteiger partial charge in [0.25, 0.3) is 0 Å². The predicted octanol–water partition coefficient (Wildman–Crippen LogP) is 1.48. The summed E-state index contributed by atoms with van der Waals surface area (Å²) in [5, 5.41) is 17.4. The number of rotatable bonds is 6. The van der Waals surface area contributed by atoms with E-state index in [4.69, 9.17) is 4.74 Å². The van der Waals surface area contributed by atoms with E-state index in [1.54, 1.807) is 14.0 Å². The Morgan fingerprint density at radius 1 is 1.33 bits per heavy atom. The van der Waals surface area contributed by atoms with E-state index in [1.165, 1.54) is 16.4 Å². The van der Waals surface area contributed by atoms with Crippen LogP contribution in [-0.2, 0) is 16.6 Å². The summed E-state index contributed by atoms with van der Waals surface area (Å²) in [5.74, 6) is -0.153. The van der Waals surface area contributed by atoms with Crippen molar-refractivity contribution in [3.05, 3.63) is 46.7 Å². The summed E-state index contributed by atoms with van der Waals surface area (Å²) < 4.78 is 6.76. The molecule has 0 saturated carbocycles. The first-order valence-electron chi connectivity index (χ1n) is 8.39. The van der Waals surface area contributed by atoms with Gasteiger partial charge in [0, 0.05) is 18.5 Å². The molecule has 1 atom stereocenters. The lowest BCUT2D eigenvalue weighted by molar-refractivity contribution is -0.139. The zero-order valence-electron chi connectivity index (χ0n) is 15.2. The highest BCUT2D eigenvalue weighted by Crippen LogP contribution is 2.30. The molecule has 0 aliphatic carbocycles. The number of thioether (sulfide) groups is 1. The number of tetrazole rings is 1. The van der Waals surface area contributed by atoms with Gasteiger partial charge < -0.3 is 15.4 Å². The van der Waals surface area contributed by atoms with Gasteiger partial charge >= 0.3 is 12.0 Å². The Morgan fingerprint density at radius 3 is 2.70 bits per heavy atom. The summed E-state index contributed by atoms with van der Waals surface area (Å²) in [6.07, 6.45) is 0. The van der Waals surface area contributed by atoms with E-state index in [9.17, 15) is 9.59 Å². The van der Waals surface area contributed by atoms with Gasteiger partial charge in [0.05, 0.1) is 18.2 Å². The molecule has 0 saturated heterocycles. The fourth-order valence-electron chi connectivity index (χ4n) is 2.67. The number of ether oxygens (including phenoxy) is 1. The van der Waals surface area contributed by atoms with Crippen molar-refractivity contribution in [2.75, 3.05) is 12.4 Å². The minimum Gasteiger partial charge on any atom is -0.463 e. The topological polar surface area (TPSA) is 111 Å². The quantitative estimate of drug-likeness (QED) is 0.569. The molecule has 142 valence electrons. The van der Waals surface area contributed by atoms with Gasteiger partial charge in [-0.05, 0) is 29.8 Å². The molecule has 3 rings (SSSR count). The van der Waals surface area contributed by atoms with E-state index >= 15 is 0 Å². The van der Waals surface area contributed by atoms with Crippen molar-refractivity contribution in [2.45, 2.75) is 25.0 Å². The molecule has 9 nitrogen and oxygen atoms in total. The molecule has 1 aliphatic heterocycles. The summed E-state index contributed by atoms with van der Waals surface area (Å²) in [4.78, 5) is 24.9. The van der Waals surface area contributed by atoms with Gasteiger partial charge in [-0.1, -0.05) is 41.6 Å². The summed E-state index contributed by atoms with van der Waals surface area (Å²) in [5.41, 5.74) is 2.76. The predicted molar refractivity (Wildman–Crippen MR) is 98.8 cm³/mol. The fraction of sp³-hybridized carbons (Fsp3) is 0.353. The maximum absolute atomic E-state index is 12.7. The first-order chi connectivity index (χ1) is 13.0. The normalized spacial score (nSPS) is 16.7. The van der Waals surface area contributed by atoms with E-state index in [0.717, 1.165) is 11.1 Å². The Labute approximate surface area is 160 Å². The number of aryl methyl sites for hydroxylation is 2. The van der Waals surface area contributed by atoms with Crippen LogP contribution in [-0.4, -0.2) is 44.6 Å². The zero-order valence-corrected chi connectivity index (χ0v) is 16.0. The Morgan fingerprint density at radius 2 is 2.07 bits per heavy atom. The van der Waals surface area contributed by atoms with Gasteiger partial charge in [-0.15, -0.1) is 5.10 Å². The average Bonchev–Trinajstić information content (AvgIpc) is 3.05. The number of carbonyl (C=O) groups is 2. The summed E-state index contributed by atoms with van der Waals surface area (Å²) in [7, 11) is 1.72. The highest BCUT2D eigenvalue weighted by molar-refractivity contribution is 7.99. The van der Waals surface area contributed by atoms with Gasteiger partial charge in [-0.25, -0.2) is 14.3 Å². The maximum atomic E-state index is 12.7. The number of nitrogens with one attached hydrogen (secondary N) is 2.